The minimum Gasteiger partial charge on any atom is -0.388 e. The number of benzene rings is 6. The van der Waals surface area contributed by atoms with Crippen LogP contribution in [0.25, 0.3) is 22.8 Å². The maximum Gasteiger partial charge on any atom is 0.0775 e. The van der Waals surface area contributed by atoms with E-state index in [0.717, 1.165) is 34.6 Å². The highest BCUT2D eigenvalue weighted by atomic mass is 14.9. The van der Waals surface area contributed by atoms with Crippen molar-refractivity contribution >= 4 is 35.4 Å². The molecule has 6 aromatic carbocycles. The lowest BCUT2D eigenvalue weighted by Crippen LogP contribution is -2.38. The lowest BCUT2D eigenvalue weighted by molar-refractivity contribution is 0.592. The van der Waals surface area contributed by atoms with Crippen LogP contribution in [0.2, 0.25) is 0 Å². The Morgan fingerprint density at radius 1 is 0.775 bits per heavy atom. The zero-order valence-corrected chi connectivity index (χ0v) is 43.3. The molecule has 0 saturated carbocycles. The van der Waals surface area contributed by atoms with Crippen molar-refractivity contribution in [3.05, 3.63) is 283 Å². The first-order valence-electron chi connectivity index (χ1n) is 24.7. The number of fused-ring (bicyclic) bond motifs is 1. The number of rotatable bonds is 16. The van der Waals surface area contributed by atoms with Gasteiger partial charge in [0, 0.05) is 46.9 Å². The van der Waals surface area contributed by atoms with Crippen LogP contribution in [0.5, 0.6) is 0 Å². The third kappa shape index (κ3) is 14.3. The summed E-state index contributed by atoms with van der Waals surface area (Å²) in [6, 6.07) is 54.6. The van der Waals surface area contributed by atoms with Crippen LogP contribution < -0.4 is 16.0 Å². The van der Waals surface area contributed by atoms with Crippen LogP contribution in [0.4, 0.5) is 17.1 Å². The molecule has 0 bridgehead atoms. The maximum atomic E-state index is 3.77. The molecule has 3 atom stereocenters. The first-order valence-corrected chi connectivity index (χ1v) is 24.7. The fourth-order valence-electron chi connectivity index (χ4n) is 8.90. The van der Waals surface area contributed by atoms with E-state index in [0.29, 0.717) is 0 Å². The van der Waals surface area contributed by atoms with Gasteiger partial charge in [-0.15, -0.1) is 0 Å². The molecule has 7 rings (SSSR count). The normalized spacial score (nSPS) is 17.4. The van der Waals surface area contributed by atoms with Crippen molar-refractivity contribution in [1.29, 1.82) is 0 Å². The predicted molar refractivity (Wildman–Crippen MR) is 314 cm³/mol. The minimum atomic E-state index is -0.442. The number of nitrogens with one attached hydrogen (secondary N) is 3. The van der Waals surface area contributed by atoms with E-state index in [1.54, 1.807) is 0 Å². The second kappa shape index (κ2) is 27.3. The smallest absolute Gasteiger partial charge is 0.0775 e. The summed E-state index contributed by atoms with van der Waals surface area (Å²) in [6.07, 6.45) is 28.3. The molecule has 3 N–H and O–H groups in total. The van der Waals surface area contributed by atoms with Crippen LogP contribution in [-0.2, 0) is 5.41 Å². The van der Waals surface area contributed by atoms with Crippen LogP contribution in [0.15, 0.2) is 254 Å². The highest BCUT2D eigenvalue weighted by Gasteiger charge is 2.35. The first-order chi connectivity index (χ1) is 34.5. The van der Waals surface area contributed by atoms with Gasteiger partial charge in [-0.25, -0.2) is 0 Å². The van der Waals surface area contributed by atoms with Gasteiger partial charge in [-0.1, -0.05) is 209 Å². The molecule has 6 aromatic rings. The van der Waals surface area contributed by atoms with Crippen molar-refractivity contribution in [2.75, 3.05) is 17.7 Å². The zero-order valence-electron chi connectivity index (χ0n) is 43.3. The molecule has 0 saturated heterocycles. The maximum absolute atomic E-state index is 3.77. The first kappa shape index (κ1) is 54.0. The van der Waals surface area contributed by atoms with Gasteiger partial charge in [0.2, 0.25) is 0 Å². The van der Waals surface area contributed by atoms with Crippen LogP contribution in [0, 0.1) is 6.92 Å². The van der Waals surface area contributed by atoms with E-state index in [1.807, 2.05) is 45.3 Å². The quantitative estimate of drug-likeness (QED) is 0.0515. The SMILES string of the molecule is C=C/C=C(\C=C/C)C(C)(/C=C/C)N/C=C\CC.C=CN=C.CNc1ccccc1-c1ccc2c(c1)C(C)(c1ccccc1)C(=C\C(C)c1ccccc1)/C=C\C(c1ccccc1Nc1cccc(C)c1)=C/2. The Kier molecular flexibility index (Phi) is 20.8. The Hall–Kier alpha value is -7.95. The largest absolute Gasteiger partial charge is 0.388 e. The van der Waals surface area contributed by atoms with Crippen molar-refractivity contribution in [2.24, 2.45) is 4.99 Å². The number of para-hydroxylation sites is 2. The molecule has 4 heteroatoms. The lowest BCUT2D eigenvalue weighted by atomic mass is 9.66. The molecule has 4 nitrogen and oxygen atoms in total. The van der Waals surface area contributed by atoms with Crippen molar-refractivity contribution in [3.63, 3.8) is 0 Å². The molecule has 362 valence electrons. The van der Waals surface area contributed by atoms with Crippen molar-refractivity contribution in [2.45, 2.75) is 71.8 Å². The summed E-state index contributed by atoms with van der Waals surface area (Å²) in [5.74, 6) is 0.206. The number of hydrogen-bond donors (Lipinski definition) is 3. The molecule has 0 aliphatic heterocycles. The van der Waals surface area contributed by atoms with Gasteiger partial charge in [-0.2, -0.15) is 0 Å². The summed E-state index contributed by atoms with van der Waals surface area (Å²) >= 11 is 0. The third-order valence-electron chi connectivity index (χ3n) is 12.7. The summed E-state index contributed by atoms with van der Waals surface area (Å²) in [4.78, 5) is 3.25. The topological polar surface area (TPSA) is 48.5 Å². The molecule has 71 heavy (non-hydrogen) atoms. The van der Waals surface area contributed by atoms with Crippen LogP contribution in [0.3, 0.4) is 0 Å². The second-order valence-corrected chi connectivity index (χ2v) is 17.8. The molecule has 3 unspecified atom stereocenters. The van der Waals surface area contributed by atoms with Gasteiger partial charge in [0.15, 0.2) is 0 Å². The molecule has 0 heterocycles. The lowest BCUT2D eigenvalue weighted by Gasteiger charge is -2.36. The molecule has 0 spiro atoms. The van der Waals surface area contributed by atoms with Gasteiger partial charge in [-0.05, 0) is 146 Å². The fraction of sp³-hybridized carbons (Fsp3) is 0.179. The van der Waals surface area contributed by atoms with E-state index >= 15 is 0 Å². The number of anilines is 3. The number of hydrogen-bond acceptors (Lipinski definition) is 4. The molecular weight excluding hydrogens is 861 g/mol. The van der Waals surface area contributed by atoms with Crippen LogP contribution >= 0.6 is 0 Å². The average Bonchev–Trinajstić information content (AvgIpc) is 3.40. The molecule has 0 fully saturated rings. The Morgan fingerprint density at radius 3 is 2.07 bits per heavy atom. The highest BCUT2D eigenvalue weighted by molar-refractivity contribution is 5.95. The molecule has 1 aliphatic carbocycles. The zero-order chi connectivity index (χ0) is 51.1. The van der Waals surface area contributed by atoms with Gasteiger partial charge < -0.3 is 16.0 Å². The van der Waals surface area contributed by atoms with Crippen LogP contribution in [0.1, 0.15) is 87.3 Å². The van der Waals surface area contributed by atoms with Crippen molar-refractivity contribution in [1.82, 2.24) is 5.32 Å². The monoisotopic (exact) mass is 935 g/mol. The fourth-order valence-corrected chi connectivity index (χ4v) is 8.90. The summed E-state index contributed by atoms with van der Waals surface area (Å²) in [5, 5.41) is 10.6. The van der Waals surface area contributed by atoms with Crippen molar-refractivity contribution < 1.29 is 0 Å². The van der Waals surface area contributed by atoms with E-state index in [-0.39, 0.29) is 11.5 Å². The van der Waals surface area contributed by atoms with Gasteiger partial charge in [0.25, 0.3) is 0 Å². The molecule has 1 aliphatic rings. The van der Waals surface area contributed by atoms with Crippen molar-refractivity contribution in [3.8, 4) is 11.1 Å². The van der Waals surface area contributed by atoms with Gasteiger partial charge in [0.1, 0.15) is 0 Å². The number of allylic oxidation sites excluding steroid dienone is 10. The summed E-state index contributed by atoms with van der Waals surface area (Å²) in [6.45, 7) is 25.3. The standard InChI is InChI=1S/C48H44N2.C16H25N.C3H5N/c1-34-16-15-21-42(30-34)50-47-25-14-12-23-44(47)37-28-29-41(31-35(2)36-17-7-5-8-18-36)48(3,40-19-9-6-10-20-40)45-33-38(26-27-39(45)32-37)43-22-11-13-24-46(43)49-4;1-6-10-14-17-16(5,13-9-4)15(11-7-2)12-8-3;1-3-4-2/h5-33,35,49-50H,1-4H3;7-14,17H,2,6H2,1,3-5H3;3H,1-2H2/b29-28-,37-32+,41-31-;12-8-,13-9+,14-10-,15-11+;. The van der Waals surface area contributed by atoms with Gasteiger partial charge in [-0.3, -0.25) is 4.99 Å². The molecule has 0 radical (unpaired) electrons. The molecule has 0 aromatic heterocycles. The second-order valence-electron chi connectivity index (χ2n) is 17.8. The Bertz CT molecular complexity index is 2900. The number of aryl methyl sites for hydroxylation is 1. The van der Waals surface area contributed by atoms with E-state index < -0.39 is 5.41 Å². The number of nitrogens with zero attached hydrogens (tertiary/aromatic N) is 1. The summed E-state index contributed by atoms with van der Waals surface area (Å²) < 4.78 is 0. The average molecular weight is 935 g/mol. The van der Waals surface area contributed by atoms with E-state index in [4.69, 9.17) is 0 Å². The van der Waals surface area contributed by atoms with Crippen LogP contribution in [-0.4, -0.2) is 19.3 Å². The summed E-state index contributed by atoms with van der Waals surface area (Å²) in [7, 11) is 1.99. The third-order valence-corrected chi connectivity index (χ3v) is 12.7. The van der Waals surface area contributed by atoms with E-state index in [2.05, 4.69) is 276 Å². The predicted octanol–water partition coefficient (Wildman–Crippen LogP) is 17.9. The Morgan fingerprint density at radius 2 is 1.44 bits per heavy atom. The van der Waals surface area contributed by atoms with E-state index in [1.165, 1.54) is 56.3 Å². The highest BCUT2D eigenvalue weighted by Crippen LogP contribution is 2.47. The minimum absolute atomic E-state index is 0.193. The van der Waals surface area contributed by atoms with Gasteiger partial charge in [0.05, 0.1) is 5.54 Å². The Labute approximate surface area is 426 Å². The molecular formula is C67H74N4. The van der Waals surface area contributed by atoms with E-state index in [9.17, 15) is 0 Å². The summed E-state index contributed by atoms with van der Waals surface area (Å²) in [5.41, 5.74) is 16.0. The van der Waals surface area contributed by atoms with Gasteiger partial charge >= 0.3 is 0 Å². The Balaban J connectivity index is 0.000000376. The molecule has 0 amide bonds. The number of aliphatic imine (C=N–C) groups is 1.